The van der Waals surface area contributed by atoms with E-state index in [4.69, 9.17) is 14.6 Å². The predicted octanol–water partition coefficient (Wildman–Crippen LogP) is 2.36. The second-order valence-corrected chi connectivity index (χ2v) is 8.80. The Kier molecular flexibility index (Phi) is 7.60. The predicted molar refractivity (Wildman–Crippen MR) is 109 cm³/mol. The highest BCUT2D eigenvalue weighted by Crippen LogP contribution is 2.39. The van der Waals surface area contributed by atoms with Crippen LogP contribution in [0, 0.1) is 11.3 Å². The molecule has 3 heterocycles. The molecule has 2 N–H and O–H groups in total. The number of aromatic nitrogens is 1. The molecule has 1 aliphatic carbocycles. The first kappa shape index (κ1) is 24.2. The molecule has 0 radical (unpaired) electrons. The van der Waals surface area contributed by atoms with Crippen molar-refractivity contribution in [1.29, 1.82) is 0 Å². The molecule has 0 unspecified atom stereocenters. The molecule has 0 aromatic carbocycles. The number of rotatable bonds is 3. The van der Waals surface area contributed by atoms with Crippen molar-refractivity contribution in [2.45, 2.75) is 38.5 Å². The van der Waals surface area contributed by atoms with Gasteiger partial charge < -0.3 is 20.1 Å². The van der Waals surface area contributed by atoms with E-state index in [2.05, 4.69) is 28.2 Å². The fourth-order valence-corrected chi connectivity index (χ4v) is 4.13. The maximum Gasteiger partial charge on any atom is 0.490 e. The number of pyridine rings is 1. The van der Waals surface area contributed by atoms with Crippen LogP contribution in [0.1, 0.15) is 25.3 Å². The van der Waals surface area contributed by atoms with Crippen LogP contribution in [0.25, 0.3) is 0 Å². The number of ether oxygens (including phenoxy) is 1. The van der Waals surface area contributed by atoms with Crippen molar-refractivity contribution in [3.05, 3.63) is 30.1 Å². The Morgan fingerprint density at radius 2 is 2.06 bits per heavy atom. The minimum Gasteiger partial charge on any atom is -0.475 e. The van der Waals surface area contributed by atoms with Crippen LogP contribution in [-0.2, 0) is 16.1 Å². The van der Waals surface area contributed by atoms with Crippen LogP contribution >= 0.6 is 0 Å². The Bertz CT molecular complexity index is 791. The maximum absolute atomic E-state index is 12.6. The van der Waals surface area contributed by atoms with E-state index in [1.807, 2.05) is 23.4 Å². The summed E-state index contributed by atoms with van der Waals surface area (Å²) in [6.45, 7) is 8.07. The van der Waals surface area contributed by atoms with Crippen LogP contribution in [0.5, 0.6) is 0 Å². The lowest BCUT2D eigenvalue weighted by Crippen LogP contribution is -2.49. The number of nitrogens with zero attached hydrogens (tertiary/aromatic N) is 3. The van der Waals surface area contributed by atoms with Gasteiger partial charge in [-0.25, -0.2) is 9.59 Å². The summed E-state index contributed by atoms with van der Waals surface area (Å²) in [5.41, 5.74) is 1.27. The third-order valence-electron chi connectivity index (χ3n) is 6.08. The monoisotopic (exact) mass is 458 g/mol. The second-order valence-electron chi connectivity index (χ2n) is 8.80. The summed E-state index contributed by atoms with van der Waals surface area (Å²) in [5.74, 6) is -2.26. The van der Waals surface area contributed by atoms with Crippen LogP contribution < -0.4 is 5.32 Å². The molecule has 2 saturated heterocycles. The Labute approximate surface area is 184 Å². The molecule has 3 aliphatic rings. The summed E-state index contributed by atoms with van der Waals surface area (Å²) in [6, 6.07) is 4.60. The van der Waals surface area contributed by atoms with Gasteiger partial charge in [-0.05, 0) is 30.4 Å². The first-order valence-electron chi connectivity index (χ1n) is 10.6. The first-order chi connectivity index (χ1) is 15.1. The summed E-state index contributed by atoms with van der Waals surface area (Å²) in [6.07, 6.45) is 0.911. The Morgan fingerprint density at radius 3 is 2.66 bits per heavy atom. The van der Waals surface area contributed by atoms with Crippen molar-refractivity contribution in [3.8, 4) is 0 Å². The molecule has 11 heteroatoms. The molecule has 4 rings (SSSR count). The zero-order chi connectivity index (χ0) is 23.4. The largest absolute Gasteiger partial charge is 0.490 e. The first-order valence-corrected chi connectivity index (χ1v) is 10.6. The number of halogens is 3. The van der Waals surface area contributed by atoms with Crippen LogP contribution in [0.4, 0.5) is 18.0 Å². The molecule has 178 valence electrons. The molecular weight excluding hydrogens is 429 g/mol. The van der Waals surface area contributed by atoms with Gasteiger partial charge >= 0.3 is 18.2 Å². The van der Waals surface area contributed by atoms with E-state index in [-0.39, 0.29) is 11.4 Å². The molecule has 2 aliphatic heterocycles. The van der Waals surface area contributed by atoms with Gasteiger partial charge in [0.15, 0.2) is 0 Å². The van der Waals surface area contributed by atoms with E-state index >= 15 is 0 Å². The van der Waals surface area contributed by atoms with Gasteiger partial charge in [0, 0.05) is 56.6 Å². The number of likely N-dealkylation sites (tertiary alicyclic amines) is 1. The van der Waals surface area contributed by atoms with E-state index in [0.717, 1.165) is 45.6 Å². The number of carbonyl (C=O) groups is 2. The quantitative estimate of drug-likeness (QED) is 0.722. The summed E-state index contributed by atoms with van der Waals surface area (Å²) >= 11 is 0. The third kappa shape index (κ3) is 6.55. The third-order valence-corrected chi connectivity index (χ3v) is 6.08. The Morgan fingerprint density at radius 1 is 1.34 bits per heavy atom. The molecule has 1 saturated carbocycles. The van der Waals surface area contributed by atoms with Crippen LogP contribution in [0.15, 0.2) is 24.5 Å². The van der Waals surface area contributed by atoms with Crippen molar-refractivity contribution >= 4 is 12.0 Å². The maximum atomic E-state index is 12.6. The molecule has 2 amide bonds. The minimum atomic E-state index is -5.08. The average Bonchev–Trinajstić information content (AvgIpc) is 3.51. The zero-order valence-electron chi connectivity index (χ0n) is 18.0. The Balaban J connectivity index is 0.000000360. The topological polar surface area (TPSA) is 95.0 Å². The summed E-state index contributed by atoms with van der Waals surface area (Å²) in [4.78, 5) is 30.1. The lowest BCUT2D eigenvalue weighted by Gasteiger charge is -2.35. The smallest absolute Gasteiger partial charge is 0.475 e. The molecule has 0 bridgehead atoms. The van der Waals surface area contributed by atoms with Gasteiger partial charge in [0.1, 0.15) is 0 Å². The van der Waals surface area contributed by atoms with E-state index in [1.165, 1.54) is 5.56 Å². The summed E-state index contributed by atoms with van der Waals surface area (Å²) in [5, 5.41) is 10.3. The van der Waals surface area contributed by atoms with Gasteiger partial charge in [0.05, 0.1) is 13.2 Å². The van der Waals surface area contributed by atoms with Crippen molar-refractivity contribution in [2.24, 2.45) is 11.3 Å². The van der Waals surface area contributed by atoms with Crippen LogP contribution in [-0.4, -0.2) is 83.5 Å². The number of nitrogens with one attached hydrogen (secondary N) is 1. The SMILES string of the molecule is C[C@H]1CN(Cc2cccnc2)C[C@@]12COCCN(C(=O)NC1CC1)C2.O=C(O)C(F)(F)F. The molecule has 8 nitrogen and oxygen atoms in total. The van der Waals surface area contributed by atoms with Crippen LogP contribution in [0.3, 0.4) is 0 Å². The summed E-state index contributed by atoms with van der Waals surface area (Å²) in [7, 11) is 0. The fourth-order valence-electron chi connectivity index (χ4n) is 4.13. The van der Waals surface area contributed by atoms with Gasteiger partial charge in [0.25, 0.3) is 0 Å². The van der Waals surface area contributed by atoms with E-state index < -0.39 is 12.1 Å². The van der Waals surface area contributed by atoms with Crippen molar-refractivity contribution in [1.82, 2.24) is 20.1 Å². The van der Waals surface area contributed by atoms with Crippen LogP contribution in [0.2, 0.25) is 0 Å². The van der Waals surface area contributed by atoms with Gasteiger partial charge in [0.2, 0.25) is 0 Å². The van der Waals surface area contributed by atoms with E-state index in [0.29, 0.717) is 25.1 Å². The Hall–Kier alpha value is -2.40. The highest BCUT2D eigenvalue weighted by atomic mass is 19.4. The number of alkyl halides is 3. The lowest BCUT2D eigenvalue weighted by atomic mass is 9.79. The molecule has 1 spiro atoms. The summed E-state index contributed by atoms with van der Waals surface area (Å²) < 4.78 is 37.7. The molecule has 1 aromatic heterocycles. The highest BCUT2D eigenvalue weighted by Gasteiger charge is 2.47. The number of urea groups is 1. The normalized spacial score (nSPS) is 26.2. The average molecular weight is 458 g/mol. The number of hydrogen-bond acceptors (Lipinski definition) is 5. The molecule has 3 fully saturated rings. The minimum absolute atomic E-state index is 0.0274. The number of amides is 2. The van der Waals surface area contributed by atoms with Gasteiger partial charge in [-0.1, -0.05) is 13.0 Å². The standard InChI is InChI=1S/C19H28N4O2.C2HF3O2/c1-15-10-22(11-16-3-2-6-20-9-16)12-19(15)13-23(7-8-25-14-19)18(24)21-17-4-5-17;3-2(4,5)1(6)7/h2-3,6,9,15,17H,4-5,7-8,10-14H2,1H3,(H,21,24);(H,6,7)/t15-,19+;/m0./s1. The highest BCUT2D eigenvalue weighted by molar-refractivity contribution is 5.75. The lowest BCUT2D eigenvalue weighted by molar-refractivity contribution is -0.192. The zero-order valence-corrected chi connectivity index (χ0v) is 18.0. The number of aliphatic carboxylic acids is 1. The van der Waals surface area contributed by atoms with E-state index in [1.54, 1.807) is 0 Å². The second kappa shape index (κ2) is 10.0. The van der Waals surface area contributed by atoms with Gasteiger partial charge in [-0.2, -0.15) is 13.2 Å². The fraction of sp³-hybridized carbons (Fsp3) is 0.667. The van der Waals surface area contributed by atoms with Crippen molar-refractivity contribution in [3.63, 3.8) is 0 Å². The number of carbonyl (C=O) groups excluding carboxylic acids is 1. The number of carboxylic acids is 1. The number of hydrogen-bond donors (Lipinski definition) is 2. The number of carboxylic acid groups (broad SMARTS) is 1. The van der Waals surface area contributed by atoms with Gasteiger partial charge in [-0.15, -0.1) is 0 Å². The molecule has 2 atom stereocenters. The van der Waals surface area contributed by atoms with Gasteiger partial charge in [-0.3, -0.25) is 9.88 Å². The van der Waals surface area contributed by atoms with Crippen molar-refractivity contribution in [2.75, 3.05) is 39.4 Å². The molecule has 1 aromatic rings. The molecular formula is C21H29F3N4O4. The molecule has 32 heavy (non-hydrogen) atoms. The van der Waals surface area contributed by atoms with E-state index in [9.17, 15) is 18.0 Å². The van der Waals surface area contributed by atoms with Crippen molar-refractivity contribution < 1.29 is 32.6 Å².